The van der Waals surface area contributed by atoms with Crippen molar-refractivity contribution >= 4 is 5.65 Å². The van der Waals surface area contributed by atoms with Crippen LogP contribution in [0.25, 0.3) is 16.8 Å². The van der Waals surface area contributed by atoms with Crippen LogP contribution in [-0.2, 0) is 13.7 Å². The van der Waals surface area contributed by atoms with Gasteiger partial charge >= 0.3 is 5.69 Å². The van der Waals surface area contributed by atoms with Crippen molar-refractivity contribution < 1.29 is 13.9 Å². The molecule has 3 heterocycles. The minimum absolute atomic E-state index is 0.191. The zero-order valence-electron chi connectivity index (χ0n) is 14.6. The van der Waals surface area contributed by atoms with E-state index in [1.165, 1.54) is 23.8 Å². The van der Waals surface area contributed by atoms with Crippen LogP contribution in [-0.4, -0.2) is 31.5 Å². The summed E-state index contributed by atoms with van der Waals surface area (Å²) in [4.78, 5) is 11.9. The summed E-state index contributed by atoms with van der Waals surface area (Å²) >= 11 is 0. The minimum atomic E-state index is -0.493. The average molecular weight is 369 g/mol. The number of aromatic nitrogens is 5. The van der Waals surface area contributed by atoms with E-state index in [0.29, 0.717) is 22.7 Å². The number of benzene rings is 1. The standard InChI is InChI=1S/C18H16FN5O3/c1-23-6-5-11(22-23)10-27-16-8-17-20-21-18(25)24(17)9-14(16)13-4-3-12(26-2)7-15(13)19/h3-9H,10H2,1-2H3,(H,21,25). The Morgan fingerprint density at radius 2 is 2.07 bits per heavy atom. The summed E-state index contributed by atoms with van der Waals surface area (Å²) in [5, 5.41) is 10.6. The molecule has 0 unspecified atom stereocenters. The molecule has 1 N–H and O–H groups in total. The number of hydrogen-bond acceptors (Lipinski definition) is 5. The van der Waals surface area contributed by atoms with Crippen molar-refractivity contribution in [3.05, 3.63) is 64.7 Å². The fourth-order valence-corrected chi connectivity index (χ4v) is 2.79. The number of methoxy groups -OCH3 is 1. The monoisotopic (exact) mass is 369 g/mol. The predicted molar refractivity (Wildman–Crippen MR) is 95.3 cm³/mol. The third kappa shape index (κ3) is 3.14. The lowest BCUT2D eigenvalue weighted by molar-refractivity contribution is 0.301. The van der Waals surface area contributed by atoms with E-state index in [0.717, 1.165) is 5.69 Å². The van der Waals surface area contributed by atoms with Gasteiger partial charge in [0.15, 0.2) is 5.65 Å². The zero-order valence-corrected chi connectivity index (χ0v) is 14.6. The largest absolute Gasteiger partial charge is 0.497 e. The Kier molecular flexibility index (Phi) is 4.11. The number of nitrogens with zero attached hydrogens (tertiary/aromatic N) is 4. The molecule has 0 atom stereocenters. The molecule has 0 fully saturated rings. The minimum Gasteiger partial charge on any atom is -0.497 e. The van der Waals surface area contributed by atoms with Crippen LogP contribution in [0.5, 0.6) is 11.5 Å². The van der Waals surface area contributed by atoms with E-state index in [9.17, 15) is 9.18 Å². The third-order valence-electron chi connectivity index (χ3n) is 4.13. The molecule has 138 valence electrons. The maximum atomic E-state index is 14.6. The Hall–Kier alpha value is -3.62. The van der Waals surface area contributed by atoms with Gasteiger partial charge in [0, 0.05) is 42.7 Å². The maximum absolute atomic E-state index is 14.6. The van der Waals surface area contributed by atoms with Gasteiger partial charge in [-0.2, -0.15) is 10.2 Å². The number of rotatable bonds is 5. The Morgan fingerprint density at radius 3 is 2.78 bits per heavy atom. The highest BCUT2D eigenvalue weighted by Crippen LogP contribution is 2.34. The van der Waals surface area contributed by atoms with E-state index in [-0.39, 0.29) is 12.2 Å². The first-order valence-corrected chi connectivity index (χ1v) is 8.11. The molecule has 0 bridgehead atoms. The molecule has 8 nitrogen and oxygen atoms in total. The first kappa shape index (κ1) is 16.8. The Balaban J connectivity index is 1.81. The zero-order chi connectivity index (χ0) is 19.0. The van der Waals surface area contributed by atoms with Gasteiger partial charge in [-0.05, 0) is 18.2 Å². The molecule has 0 aliphatic carbocycles. The number of hydrogen-bond donors (Lipinski definition) is 1. The van der Waals surface area contributed by atoms with Gasteiger partial charge in [0.05, 0.1) is 12.8 Å². The van der Waals surface area contributed by atoms with Crippen LogP contribution in [0, 0.1) is 5.82 Å². The second kappa shape index (κ2) is 6.60. The molecule has 4 rings (SSSR count). The first-order valence-electron chi connectivity index (χ1n) is 8.11. The molecule has 0 aliphatic heterocycles. The van der Waals surface area contributed by atoms with Gasteiger partial charge in [0.25, 0.3) is 0 Å². The summed E-state index contributed by atoms with van der Waals surface area (Å²) in [5.41, 5.74) is 1.37. The Labute approximate surface area is 152 Å². The summed E-state index contributed by atoms with van der Waals surface area (Å²) in [6.07, 6.45) is 3.30. The molecule has 0 radical (unpaired) electrons. The molecule has 0 amide bonds. The lowest BCUT2D eigenvalue weighted by Crippen LogP contribution is -2.10. The molecule has 27 heavy (non-hydrogen) atoms. The summed E-state index contributed by atoms with van der Waals surface area (Å²) in [7, 11) is 3.27. The van der Waals surface area contributed by atoms with Gasteiger partial charge in [-0.3, -0.25) is 4.68 Å². The number of aryl methyl sites for hydroxylation is 1. The van der Waals surface area contributed by atoms with E-state index < -0.39 is 11.5 Å². The van der Waals surface area contributed by atoms with Crippen LogP contribution in [0.4, 0.5) is 4.39 Å². The van der Waals surface area contributed by atoms with E-state index in [1.54, 1.807) is 29.1 Å². The number of ether oxygens (including phenoxy) is 2. The fourth-order valence-electron chi connectivity index (χ4n) is 2.79. The molecule has 3 aromatic heterocycles. The van der Waals surface area contributed by atoms with Crippen molar-refractivity contribution in [2.24, 2.45) is 7.05 Å². The second-order valence-electron chi connectivity index (χ2n) is 5.92. The summed E-state index contributed by atoms with van der Waals surface area (Å²) < 4.78 is 28.5. The predicted octanol–water partition coefficient (Wildman–Crippen LogP) is 2.15. The van der Waals surface area contributed by atoms with Gasteiger partial charge in [-0.25, -0.2) is 18.7 Å². The molecule has 4 aromatic rings. The van der Waals surface area contributed by atoms with E-state index in [2.05, 4.69) is 15.3 Å². The number of aromatic amines is 1. The van der Waals surface area contributed by atoms with Gasteiger partial charge in [-0.15, -0.1) is 0 Å². The van der Waals surface area contributed by atoms with Crippen molar-refractivity contribution in [1.29, 1.82) is 0 Å². The smallest absolute Gasteiger partial charge is 0.347 e. The van der Waals surface area contributed by atoms with Crippen LogP contribution in [0.1, 0.15) is 5.69 Å². The third-order valence-corrected chi connectivity index (χ3v) is 4.13. The molecule has 1 aromatic carbocycles. The van der Waals surface area contributed by atoms with Crippen molar-refractivity contribution in [1.82, 2.24) is 24.4 Å². The van der Waals surface area contributed by atoms with E-state index in [1.807, 2.05) is 13.1 Å². The number of H-pyrrole nitrogens is 1. The Bertz CT molecular complexity index is 1180. The quantitative estimate of drug-likeness (QED) is 0.583. The molecule has 9 heteroatoms. The van der Waals surface area contributed by atoms with Crippen LogP contribution in [0.15, 0.2) is 47.5 Å². The summed E-state index contributed by atoms with van der Waals surface area (Å²) in [6.45, 7) is 0.191. The van der Waals surface area contributed by atoms with Gasteiger partial charge in [0.2, 0.25) is 0 Å². The average Bonchev–Trinajstić information content (AvgIpc) is 3.24. The SMILES string of the molecule is COc1ccc(-c2cn3c(=O)[nH]nc3cc2OCc2ccn(C)n2)c(F)c1. The van der Waals surface area contributed by atoms with Gasteiger partial charge < -0.3 is 9.47 Å². The molecular weight excluding hydrogens is 353 g/mol. The van der Waals surface area contributed by atoms with E-state index in [4.69, 9.17) is 9.47 Å². The molecule has 0 saturated carbocycles. The number of nitrogens with one attached hydrogen (secondary N) is 1. The molecule has 0 aliphatic rings. The van der Waals surface area contributed by atoms with Gasteiger partial charge in [-0.1, -0.05) is 0 Å². The molecule has 0 saturated heterocycles. The summed E-state index contributed by atoms with van der Waals surface area (Å²) in [5.74, 6) is 0.290. The van der Waals surface area contributed by atoms with Crippen molar-refractivity contribution in [3.8, 4) is 22.6 Å². The van der Waals surface area contributed by atoms with Crippen molar-refractivity contribution in [2.75, 3.05) is 7.11 Å². The highest BCUT2D eigenvalue weighted by molar-refractivity contribution is 5.73. The van der Waals surface area contributed by atoms with Crippen LogP contribution in [0.3, 0.4) is 0 Å². The topological polar surface area (TPSA) is 86.4 Å². The fraction of sp³-hybridized carbons (Fsp3) is 0.167. The van der Waals surface area contributed by atoms with Crippen LogP contribution in [0.2, 0.25) is 0 Å². The number of halogens is 1. The van der Waals surface area contributed by atoms with Crippen molar-refractivity contribution in [3.63, 3.8) is 0 Å². The highest BCUT2D eigenvalue weighted by atomic mass is 19.1. The van der Waals surface area contributed by atoms with Crippen LogP contribution >= 0.6 is 0 Å². The van der Waals surface area contributed by atoms with E-state index >= 15 is 0 Å². The molecule has 0 spiro atoms. The second-order valence-corrected chi connectivity index (χ2v) is 5.92. The lowest BCUT2D eigenvalue weighted by Gasteiger charge is -2.13. The summed E-state index contributed by atoms with van der Waals surface area (Å²) in [6, 6.07) is 7.91. The first-order chi connectivity index (χ1) is 13.0. The lowest BCUT2D eigenvalue weighted by atomic mass is 10.1. The van der Waals surface area contributed by atoms with Gasteiger partial charge in [0.1, 0.15) is 23.9 Å². The Morgan fingerprint density at radius 1 is 1.22 bits per heavy atom. The molecular formula is C18H16FN5O3. The van der Waals surface area contributed by atoms with Crippen LogP contribution < -0.4 is 15.2 Å². The highest BCUT2D eigenvalue weighted by Gasteiger charge is 2.16. The maximum Gasteiger partial charge on any atom is 0.347 e. The normalized spacial score (nSPS) is 11.1. The number of fused-ring (bicyclic) bond motifs is 1. The van der Waals surface area contributed by atoms with Crippen molar-refractivity contribution in [2.45, 2.75) is 6.61 Å². The number of pyridine rings is 1.